The van der Waals surface area contributed by atoms with Gasteiger partial charge in [0.05, 0.1) is 0 Å². The number of ether oxygens (including phenoxy) is 2. The molecule has 6 heteroatoms. The SMILES string of the molecule is CC(C)(C)OC(=O)[C@H](Cc1ccc(Br)cc1)NC(=O)OCC1c2ccccc2-c2ccccc21. The number of amides is 1. The molecule has 5 nitrogen and oxygen atoms in total. The van der Waals surface area contributed by atoms with Crippen LogP contribution < -0.4 is 5.32 Å². The van der Waals surface area contributed by atoms with E-state index in [1.165, 1.54) is 0 Å². The zero-order chi connectivity index (χ0) is 24.3. The van der Waals surface area contributed by atoms with Crippen molar-refractivity contribution in [1.82, 2.24) is 5.32 Å². The van der Waals surface area contributed by atoms with Gasteiger partial charge in [0, 0.05) is 16.8 Å². The highest BCUT2D eigenvalue weighted by molar-refractivity contribution is 9.10. The molecule has 1 aliphatic rings. The lowest BCUT2D eigenvalue weighted by atomic mass is 9.98. The summed E-state index contributed by atoms with van der Waals surface area (Å²) in [5, 5.41) is 2.73. The maximum Gasteiger partial charge on any atom is 0.407 e. The van der Waals surface area contributed by atoms with Crippen LogP contribution in [-0.2, 0) is 20.7 Å². The Bertz CT molecular complexity index is 1140. The van der Waals surface area contributed by atoms with Gasteiger partial charge in [-0.15, -0.1) is 0 Å². The van der Waals surface area contributed by atoms with Crippen LogP contribution in [0.1, 0.15) is 43.4 Å². The Morgan fingerprint density at radius 1 is 0.912 bits per heavy atom. The van der Waals surface area contributed by atoms with Gasteiger partial charge in [-0.2, -0.15) is 0 Å². The van der Waals surface area contributed by atoms with E-state index in [1.54, 1.807) is 20.8 Å². The van der Waals surface area contributed by atoms with Crippen molar-refractivity contribution in [3.8, 4) is 11.1 Å². The summed E-state index contributed by atoms with van der Waals surface area (Å²) in [7, 11) is 0. The van der Waals surface area contributed by atoms with E-state index in [0.717, 1.165) is 32.3 Å². The van der Waals surface area contributed by atoms with Crippen LogP contribution in [0.5, 0.6) is 0 Å². The normalized spacial score (nSPS) is 13.5. The molecule has 3 aromatic rings. The molecule has 3 aromatic carbocycles. The maximum atomic E-state index is 12.9. The van der Waals surface area contributed by atoms with Gasteiger partial charge in [-0.1, -0.05) is 76.6 Å². The Labute approximate surface area is 208 Å². The van der Waals surface area contributed by atoms with E-state index in [4.69, 9.17) is 9.47 Å². The second-order valence-electron chi connectivity index (χ2n) is 9.39. The van der Waals surface area contributed by atoms with Crippen molar-refractivity contribution in [3.63, 3.8) is 0 Å². The van der Waals surface area contributed by atoms with Gasteiger partial charge in [0.25, 0.3) is 0 Å². The zero-order valence-electron chi connectivity index (χ0n) is 19.5. The number of carbonyl (C=O) groups is 2. The molecule has 34 heavy (non-hydrogen) atoms. The van der Waals surface area contributed by atoms with E-state index in [-0.39, 0.29) is 12.5 Å². The third-order valence-electron chi connectivity index (χ3n) is 5.68. The number of hydrogen-bond acceptors (Lipinski definition) is 4. The smallest absolute Gasteiger partial charge is 0.407 e. The Hall–Kier alpha value is -3.12. The van der Waals surface area contributed by atoms with E-state index in [1.807, 2.05) is 48.5 Å². The molecule has 0 aliphatic heterocycles. The fraction of sp³-hybridized carbons (Fsp3) is 0.286. The summed E-state index contributed by atoms with van der Waals surface area (Å²) >= 11 is 3.42. The number of fused-ring (bicyclic) bond motifs is 3. The predicted molar refractivity (Wildman–Crippen MR) is 136 cm³/mol. The molecule has 0 saturated heterocycles. The predicted octanol–water partition coefficient (Wildman–Crippen LogP) is 6.24. The second-order valence-corrected chi connectivity index (χ2v) is 10.3. The molecule has 0 bridgehead atoms. The van der Waals surface area contributed by atoms with Crippen molar-refractivity contribution in [2.45, 2.75) is 44.8 Å². The number of benzene rings is 3. The van der Waals surface area contributed by atoms with Crippen molar-refractivity contribution in [3.05, 3.63) is 94.0 Å². The van der Waals surface area contributed by atoms with E-state index >= 15 is 0 Å². The number of carbonyl (C=O) groups excluding carboxylic acids is 2. The van der Waals surface area contributed by atoms with Gasteiger partial charge in [0.1, 0.15) is 18.2 Å². The van der Waals surface area contributed by atoms with Gasteiger partial charge < -0.3 is 14.8 Å². The molecular weight excluding hydrogens is 494 g/mol. The molecule has 4 rings (SSSR count). The lowest BCUT2D eigenvalue weighted by Gasteiger charge is -2.25. The Morgan fingerprint density at radius 3 is 2.03 bits per heavy atom. The number of esters is 1. The summed E-state index contributed by atoms with van der Waals surface area (Å²) in [5.74, 6) is -0.548. The van der Waals surface area contributed by atoms with Crippen molar-refractivity contribution < 1.29 is 19.1 Å². The molecule has 1 amide bonds. The number of nitrogens with one attached hydrogen (secondary N) is 1. The topological polar surface area (TPSA) is 64.6 Å². The molecule has 0 heterocycles. The van der Waals surface area contributed by atoms with Crippen molar-refractivity contribution in [2.75, 3.05) is 6.61 Å². The first-order valence-electron chi connectivity index (χ1n) is 11.3. The molecule has 0 radical (unpaired) electrons. The number of rotatable bonds is 6. The molecule has 0 aromatic heterocycles. The van der Waals surface area contributed by atoms with Crippen LogP contribution in [0.3, 0.4) is 0 Å². The van der Waals surface area contributed by atoms with Crippen LogP contribution in [0.2, 0.25) is 0 Å². The van der Waals surface area contributed by atoms with Gasteiger partial charge in [-0.25, -0.2) is 9.59 Å². The summed E-state index contributed by atoms with van der Waals surface area (Å²) in [6, 6.07) is 23.1. The minimum absolute atomic E-state index is 0.0513. The fourth-order valence-electron chi connectivity index (χ4n) is 4.20. The van der Waals surface area contributed by atoms with Crippen molar-refractivity contribution in [2.24, 2.45) is 0 Å². The van der Waals surface area contributed by atoms with Gasteiger partial charge in [0.2, 0.25) is 0 Å². The van der Waals surface area contributed by atoms with E-state index in [0.29, 0.717) is 6.42 Å². The molecule has 0 fully saturated rings. The van der Waals surface area contributed by atoms with Crippen LogP contribution >= 0.6 is 15.9 Å². The van der Waals surface area contributed by atoms with Gasteiger partial charge >= 0.3 is 12.1 Å². The van der Waals surface area contributed by atoms with E-state index < -0.39 is 23.7 Å². The van der Waals surface area contributed by atoms with Gasteiger partial charge in [0.15, 0.2) is 0 Å². The Kier molecular flexibility index (Phi) is 7.08. The highest BCUT2D eigenvalue weighted by Gasteiger charge is 2.31. The number of halogens is 1. The van der Waals surface area contributed by atoms with Gasteiger partial charge in [-0.05, 0) is 60.7 Å². The summed E-state index contributed by atoms with van der Waals surface area (Å²) in [6.45, 7) is 5.58. The van der Waals surface area contributed by atoms with E-state index in [2.05, 4.69) is 45.5 Å². The summed E-state index contributed by atoms with van der Waals surface area (Å²) in [5.41, 5.74) is 4.82. The lowest BCUT2D eigenvalue weighted by Crippen LogP contribution is -2.46. The monoisotopic (exact) mass is 521 g/mol. The minimum Gasteiger partial charge on any atom is -0.458 e. The average Bonchev–Trinajstić information content (AvgIpc) is 3.11. The molecule has 1 atom stereocenters. The quantitative estimate of drug-likeness (QED) is 0.390. The molecule has 1 N–H and O–H groups in total. The van der Waals surface area contributed by atoms with Crippen LogP contribution in [0.15, 0.2) is 77.3 Å². The molecule has 1 aliphatic carbocycles. The van der Waals surface area contributed by atoms with Gasteiger partial charge in [-0.3, -0.25) is 0 Å². The van der Waals surface area contributed by atoms with Crippen LogP contribution in [-0.4, -0.2) is 30.3 Å². The summed E-state index contributed by atoms with van der Waals surface area (Å²) in [4.78, 5) is 25.7. The van der Waals surface area contributed by atoms with Crippen molar-refractivity contribution >= 4 is 28.0 Å². The van der Waals surface area contributed by atoms with Crippen LogP contribution in [0.4, 0.5) is 4.79 Å². The summed E-state index contributed by atoms with van der Waals surface area (Å²) < 4.78 is 12.1. The highest BCUT2D eigenvalue weighted by atomic mass is 79.9. The maximum absolute atomic E-state index is 12.9. The highest BCUT2D eigenvalue weighted by Crippen LogP contribution is 2.44. The standard InChI is InChI=1S/C28H28BrNO4/c1-28(2,3)34-26(31)25(16-18-12-14-19(29)15-13-18)30-27(32)33-17-24-22-10-6-4-8-20(22)21-9-5-7-11-23(21)24/h4-15,24-25H,16-17H2,1-3H3,(H,30,32)/t25-/m0/s1. The first-order valence-corrected chi connectivity index (χ1v) is 12.1. The molecule has 176 valence electrons. The number of hydrogen-bond donors (Lipinski definition) is 1. The molecular formula is C28H28BrNO4. The Balaban J connectivity index is 1.46. The third-order valence-corrected chi connectivity index (χ3v) is 6.21. The zero-order valence-corrected chi connectivity index (χ0v) is 21.1. The first kappa shape index (κ1) is 24.0. The molecule has 0 unspecified atom stereocenters. The molecule has 0 spiro atoms. The van der Waals surface area contributed by atoms with Crippen LogP contribution in [0.25, 0.3) is 11.1 Å². The lowest BCUT2D eigenvalue weighted by molar-refractivity contribution is -0.157. The number of alkyl carbamates (subject to hydrolysis) is 1. The fourth-order valence-corrected chi connectivity index (χ4v) is 4.47. The molecule has 0 saturated carbocycles. The second kappa shape index (κ2) is 10.0. The van der Waals surface area contributed by atoms with Crippen LogP contribution in [0, 0.1) is 0 Å². The minimum atomic E-state index is -0.865. The third kappa shape index (κ3) is 5.68. The first-order chi connectivity index (χ1) is 16.2. The Morgan fingerprint density at radius 2 is 1.47 bits per heavy atom. The van der Waals surface area contributed by atoms with Crippen molar-refractivity contribution in [1.29, 1.82) is 0 Å². The van der Waals surface area contributed by atoms with E-state index in [9.17, 15) is 9.59 Å². The summed E-state index contributed by atoms with van der Waals surface area (Å²) in [6.07, 6.45) is -0.346. The largest absolute Gasteiger partial charge is 0.458 e. The average molecular weight is 522 g/mol.